The van der Waals surface area contributed by atoms with Crippen LogP contribution in [-0.4, -0.2) is 33.9 Å². The van der Waals surface area contributed by atoms with E-state index in [0.29, 0.717) is 12.8 Å². The van der Waals surface area contributed by atoms with Crippen molar-refractivity contribution >= 4 is 0 Å². The van der Waals surface area contributed by atoms with Crippen molar-refractivity contribution in [1.29, 1.82) is 0 Å². The van der Waals surface area contributed by atoms with Gasteiger partial charge in [0.1, 0.15) is 12.7 Å². The summed E-state index contributed by atoms with van der Waals surface area (Å²) in [5.41, 5.74) is 0. The van der Waals surface area contributed by atoms with Gasteiger partial charge in [0.2, 0.25) is 0 Å². The topological polar surface area (TPSA) is 83.6 Å². The first kappa shape index (κ1) is 10.3. The molecule has 11 heavy (non-hydrogen) atoms. The maximum atomic E-state index is 10.1. The smallest absolute Gasteiger partial charge is 0.261 e. The van der Waals surface area contributed by atoms with Crippen LogP contribution in [0.4, 0.5) is 0 Å². The van der Waals surface area contributed by atoms with Gasteiger partial charge in [-0.3, -0.25) is 10.1 Å². The number of hydrogen-bond donors (Lipinski definition) is 2. The summed E-state index contributed by atoms with van der Waals surface area (Å²) in [6, 6.07) is -1.23. The lowest BCUT2D eigenvalue weighted by Crippen LogP contribution is -2.36. The first-order valence-corrected chi connectivity index (χ1v) is 3.55. The SMILES string of the molecule is CCCC(O)C(CO)[N+](=O)[O-]. The van der Waals surface area contributed by atoms with Gasteiger partial charge in [0.15, 0.2) is 0 Å². The molecule has 2 unspecified atom stereocenters. The average molecular weight is 163 g/mol. The van der Waals surface area contributed by atoms with Crippen LogP contribution in [0.3, 0.4) is 0 Å². The molecule has 0 heterocycles. The molecule has 0 aliphatic rings. The summed E-state index contributed by atoms with van der Waals surface area (Å²) in [6.45, 7) is 1.21. The van der Waals surface area contributed by atoms with E-state index in [-0.39, 0.29) is 0 Å². The Morgan fingerprint density at radius 3 is 2.45 bits per heavy atom. The Hall–Kier alpha value is -0.680. The molecule has 0 fully saturated rings. The van der Waals surface area contributed by atoms with E-state index in [1.165, 1.54) is 0 Å². The summed E-state index contributed by atoms with van der Waals surface area (Å²) in [7, 11) is 0. The van der Waals surface area contributed by atoms with Gasteiger partial charge in [-0.2, -0.15) is 0 Å². The highest BCUT2D eigenvalue weighted by Crippen LogP contribution is 2.04. The number of rotatable bonds is 5. The molecule has 0 saturated heterocycles. The first-order valence-electron chi connectivity index (χ1n) is 3.55. The standard InChI is InChI=1S/C6H13NO4/c1-2-3-6(9)5(4-8)7(10)11/h5-6,8-9H,2-4H2,1H3. The van der Waals surface area contributed by atoms with Gasteiger partial charge in [0, 0.05) is 4.92 Å². The minimum Gasteiger partial charge on any atom is -0.389 e. The molecule has 5 heteroatoms. The first-order chi connectivity index (χ1) is 5.13. The molecule has 2 atom stereocenters. The molecule has 0 amide bonds. The predicted octanol–water partition coefficient (Wildman–Crippen LogP) is -0.215. The molecule has 0 aromatic rings. The fourth-order valence-electron chi connectivity index (χ4n) is 0.817. The van der Waals surface area contributed by atoms with Gasteiger partial charge >= 0.3 is 0 Å². The van der Waals surface area contributed by atoms with Gasteiger partial charge in [0.05, 0.1) is 0 Å². The number of hydrogen-bond acceptors (Lipinski definition) is 4. The van der Waals surface area contributed by atoms with Crippen LogP contribution in [0.5, 0.6) is 0 Å². The maximum absolute atomic E-state index is 10.1. The lowest BCUT2D eigenvalue weighted by atomic mass is 10.1. The second kappa shape index (κ2) is 5.03. The summed E-state index contributed by atoms with van der Waals surface area (Å²) < 4.78 is 0. The van der Waals surface area contributed by atoms with Crippen molar-refractivity contribution < 1.29 is 15.1 Å². The fourth-order valence-corrected chi connectivity index (χ4v) is 0.817. The van der Waals surface area contributed by atoms with Gasteiger partial charge in [-0.25, -0.2) is 0 Å². The Morgan fingerprint density at radius 1 is 1.64 bits per heavy atom. The van der Waals surface area contributed by atoms with Crippen LogP contribution in [0.25, 0.3) is 0 Å². The van der Waals surface area contributed by atoms with Crippen LogP contribution in [0.1, 0.15) is 19.8 Å². The van der Waals surface area contributed by atoms with E-state index >= 15 is 0 Å². The van der Waals surface area contributed by atoms with Crippen molar-refractivity contribution in [2.75, 3.05) is 6.61 Å². The summed E-state index contributed by atoms with van der Waals surface area (Å²) in [5, 5.41) is 27.7. The lowest BCUT2D eigenvalue weighted by Gasteiger charge is -2.12. The van der Waals surface area contributed by atoms with Gasteiger partial charge in [0.25, 0.3) is 6.04 Å². The quantitative estimate of drug-likeness (QED) is 0.433. The third kappa shape index (κ3) is 3.29. The summed E-state index contributed by atoms with van der Waals surface area (Å²) in [6.07, 6.45) is -0.00227. The molecule has 0 spiro atoms. The van der Waals surface area contributed by atoms with Crippen molar-refractivity contribution in [2.45, 2.75) is 31.9 Å². The van der Waals surface area contributed by atoms with Crippen molar-refractivity contribution in [2.24, 2.45) is 0 Å². The fraction of sp³-hybridized carbons (Fsp3) is 1.00. The average Bonchev–Trinajstić information content (AvgIpc) is 1.88. The maximum Gasteiger partial charge on any atom is 0.261 e. The highest BCUT2D eigenvalue weighted by molar-refractivity contribution is 4.65. The summed E-state index contributed by atoms with van der Waals surface area (Å²) >= 11 is 0. The zero-order valence-corrected chi connectivity index (χ0v) is 6.43. The minimum absolute atomic E-state index is 0.353. The molecular formula is C6H13NO4. The second-order valence-corrected chi connectivity index (χ2v) is 2.39. The molecule has 0 aliphatic heterocycles. The normalized spacial score (nSPS) is 15.9. The Morgan fingerprint density at radius 2 is 2.18 bits per heavy atom. The molecule has 0 aliphatic carbocycles. The van der Waals surface area contributed by atoms with Gasteiger partial charge in [-0.1, -0.05) is 13.3 Å². The minimum atomic E-state index is -1.23. The predicted molar refractivity (Wildman–Crippen MR) is 38.8 cm³/mol. The molecule has 2 N–H and O–H groups in total. The monoisotopic (exact) mass is 163 g/mol. The molecule has 0 aromatic carbocycles. The summed E-state index contributed by atoms with van der Waals surface area (Å²) in [5.74, 6) is 0. The van der Waals surface area contributed by atoms with Gasteiger partial charge in [-0.05, 0) is 6.42 Å². The molecule has 5 nitrogen and oxygen atoms in total. The summed E-state index contributed by atoms with van der Waals surface area (Å²) in [4.78, 5) is 9.48. The van der Waals surface area contributed by atoms with E-state index in [1.54, 1.807) is 0 Å². The van der Waals surface area contributed by atoms with Crippen molar-refractivity contribution in [3.8, 4) is 0 Å². The third-order valence-corrected chi connectivity index (χ3v) is 1.49. The Balaban J connectivity index is 3.91. The van der Waals surface area contributed by atoms with Gasteiger partial charge in [-0.15, -0.1) is 0 Å². The van der Waals surface area contributed by atoms with E-state index in [2.05, 4.69) is 0 Å². The Labute approximate surface area is 64.8 Å². The number of aliphatic hydroxyl groups excluding tert-OH is 2. The van der Waals surface area contributed by atoms with Crippen LogP contribution < -0.4 is 0 Å². The van der Waals surface area contributed by atoms with Crippen LogP contribution in [-0.2, 0) is 0 Å². The largest absolute Gasteiger partial charge is 0.389 e. The van der Waals surface area contributed by atoms with E-state index in [4.69, 9.17) is 10.2 Å². The number of nitrogens with zero attached hydrogens (tertiary/aromatic N) is 1. The van der Waals surface area contributed by atoms with Crippen LogP contribution >= 0.6 is 0 Å². The van der Waals surface area contributed by atoms with Gasteiger partial charge < -0.3 is 10.2 Å². The molecule has 0 rings (SSSR count). The molecular weight excluding hydrogens is 150 g/mol. The zero-order chi connectivity index (χ0) is 8.85. The highest BCUT2D eigenvalue weighted by atomic mass is 16.6. The van der Waals surface area contributed by atoms with E-state index in [9.17, 15) is 10.1 Å². The van der Waals surface area contributed by atoms with Crippen molar-refractivity contribution in [3.05, 3.63) is 10.1 Å². The molecule has 0 radical (unpaired) electrons. The second-order valence-electron chi connectivity index (χ2n) is 2.39. The molecule has 0 bridgehead atoms. The molecule has 0 saturated carbocycles. The Kier molecular flexibility index (Phi) is 4.72. The van der Waals surface area contributed by atoms with Crippen LogP contribution in [0.15, 0.2) is 0 Å². The Bertz CT molecular complexity index is 128. The number of aliphatic hydroxyl groups is 2. The van der Waals surface area contributed by atoms with E-state index in [0.717, 1.165) is 0 Å². The van der Waals surface area contributed by atoms with Crippen molar-refractivity contribution in [1.82, 2.24) is 0 Å². The van der Waals surface area contributed by atoms with E-state index < -0.39 is 23.7 Å². The highest BCUT2D eigenvalue weighted by Gasteiger charge is 2.27. The third-order valence-electron chi connectivity index (χ3n) is 1.49. The molecule has 0 aromatic heterocycles. The number of nitro groups is 1. The zero-order valence-electron chi connectivity index (χ0n) is 6.43. The molecule has 66 valence electrons. The van der Waals surface area contributed by atoms with E-state index in [1.807, 2.05) is 6.92 Å². The van der Waals surface area contributed by atoms with Crippen LogP contribution in [0.2, 0.25) is 0 Å². The lowest BCUT2D eigenvalue weighted by molar-refractivity contribution is -0.537. The van der Waals surface area contributed by atoms with Crippen LogP contribution in [0, 0.1) is 10.1 Å². The van der Waals surface area contributed by atoms with Crippen molar-refractivity contribution in [3.63, 3.8) is 0 Å².